The molecule has 112 valence electrons. The highest BCUT2D eigenvalue weighted by molar-refractivity contribution is 6.03. The van der Waals surface area contributed by atoms with Crippen molar-refractivity contribution in [2.24, 2.45) is 0 Å². The second kappa shape index (κ2) is 5.26. The third-order valence-corrected chi connectivity index (χ3v) is 3.36. The lowest BCUT2D eigenvalue weighted by atomic mass is 9.96. The smallest absolute Gasteiger partial charge is 0.405 e. The Hall–Kier alpha value is -2.69. The lowest BCUT2D eigenvalue weighted by Gasteiger charge is -2.15. The summed E-state index contributed by atoms with van der Waals surface area (Å²) in [7, 11) is 0. The van der Waals surface area contributed by atoms with Gasteiger partial charge in [0, 0.05) is 16.6 Å². The fraction of sp³-hybridized carbons (Fsp3) is 0.0588. The van der Waals surface area contributed by atoms with E-state index < -0.39 is 6.36 Å². The topological polar surface area (TPSA) is 35.2 Å². The van der Waals surface area contributed by atoms with Crippen LogP contribution in [0.4, 0.5) is 18.9 Å². The molecule has 0 bridgehead atoms. The molecule has 0 saturated carbocycles. The van der Waals surface area contributed by atoms with Crippen LogP contribution in [0, 0.1) is 0 Å². The summed E-state index contributed by atoms with van der Waals surface area (Å²) in [6.45, 7) is 0. The lowest BCUT2D eigenvalue weighted by molar-refractivity contribution is -0.274. The van der Waals surface area contributed by atoms with Crippen molar-refractivity contribution < 1.29 is 17.9 Å². The average molecular weight is 303 g/mol. The standard InChI is InChI=1S/C17H12F3NO/c18-17(19,20)22-16-8-4-3-7-14(16)12-9-10-15(21)13-6-2-1-5-11(12)13/h1-10H,21H2. The van der Waals surface area contributed by atoms with Crippen LogP contribution in [-0.2, 0) is 0 Å². The summed E-state index contributed by atoms with van der Waals surface area (Å²) in [5, 5.41) is 1.57. The molecule has 0 aliphatic heterocycles. The number of anilines is 1. The Morgan fingerprint density at radius 3 is 2.09 bits per heavy atom. The average Bonchev–Trinajstić information content (AvgIpc) is 2.47. The van der Waals surface area contributed by atoms with Crippen LogP contribution in [0.25, 0.3) is 21.9 Å². The first kappa shape index (κ1) is 14.3. The van der Waals surface area contributed by atoms with Gasteiger partial charge in [0.25, 0.3) is 0 Å². The van der Waals surface area contributed by atoms with Gasteiger partial charge in [0.2, 0.25) is 0 Å². The molecule has 0 aliphatic carbocycles. The maximum atomic E-state index is 12.6. The quantitative estimate of drug-likeness (QED) is 0.677. The van der Waals surface area contributed by atoms with E-state index in [0.29, 0.717) is 16.8 Å². The molecule has 0 saturated heterocycles. The van der Waals surface area contributed by atoms with E-state index in [1.54, 1.807) is 24.3 Å². The molecule has 2 nitrogen and oxygen atoms in total. The second-order valence-corrected chi connectivity index (χ2v) is 4.79. The van der Waals surface area contributed by atoms with Gasteiger partial charge in [-0.05, 0) is 23.1 Å². The van der Waals surface area contributed by atoms with Crippen LogP contribution in [0.1, 0.15) is 0 Å². The van der Waals surface area contributed by atoms with Crippen molar-refractivity contribution >= 4 is 16.5 Å². The van der Waals surface area contributed by atoms with Crippen LogP contribution in [0.15, 0.2) is 60.7 Å². The number of benzene rings is 3. The van der Waals surface area contributed by atoms with Gasteiger partial charge in [-0.2, -0.15) is 0 Å². The van der Waals surface area contributed by atoms with E-state index in [0.717, 1.165) is 10.8 Å². The first-order valence-electron chi connectivity index (χ1n) is 6.58. The van der Waals surface area contributed by atoms with Gasteiger partial charge in [-0.25, -0.2) is 0 Å². The maximum absolute atomic E-state index is 12.6. The van der Waals surface area contributed by atoms with E-state index in [1.165, 1.54) is 12.1 Å². The SMILES string of the molecule is Nc1ccc(-c2ccccc2OC(F)(F)F)c2ccccc12. The number of hydrogen-bond acceptors (Lipinski definition) is 2. The van der Waals surface area contributed by atoms with E-state index >= 15 is 0 Å². The number of nitrogen functional groups attached to an aromatic ring is 1. The van der Waals surface area contributed by atoms with Crippen molar-refractivity contribution in [3.05, 3.63) is 60.7 Å². The van der Waals surface area contributed by atoms with Crippen LogP contribution in [-0.4, -0.2) is 6.36 Å². The molecule has 5 heteroatoms. The van der Waals surface area contributed by atoms with Crippen LogP contribution >= 0.6 is 0 Å². The molecular formula is C17H12F3NO. The molecule has 3 rings (SSSR count). The van der Waals surface area contributed by atoms with E-state index in [1.807, 2.05) is 24.3 Å². The minimum absolute atomic E-state index is 0.232. The molecule has 0 unspecified atom stereocenters. The number of fused-ring (bicyclic) bond motifs is 1. The van der Waals surface area contributed by atoms with E-state index in [4.69, 9.17) is 5.73 Å². The molecule has 3 aromatic rings. The van der Waals surface area contributed by atoms with Gasteiger partial charge in [-0.3, -0.25) is 0 Å². The zero-order valence-electron chi connectivity index (χ0n) is 11.4. The van der Waals surface area contributed by atoms with Crippen molar-refractivity contribution in [3.8, 4) is 16.9 Å². The summed E-state index contributed by atoms with van der Waals surface area (Å²) >= 11 is 0. The number of alkyl halides is 3. The highest BCUT2D eigenvalue weighted by Crippen LogP contribution is 2.38. The van der Waals surface area contributed by atoms with E-state index in [2.05, 4.69) is 4.74 Å². The summed E-state index contributed by atoms with van der Waals surface area (Å²) in [6.07, 6.45) is -4.74. The first-order valence-corrected chi connectivity index (χ1v) is 6.58. The highest BCUT2D eigenvalue weighted by atomic mass is 19.4. The number of ether oxygens (including phenoxy) is 1. The maximum Gasteiger partial charge on any atom is 0.573 e. The Kier molecular flexibility index (Phi) is 3.41. The van der Waals surface area contributed by atoms with Crippen LogP contribution in [0.5, 0.6) is 5.75 Å². The highest BCUT2D eigenvalue weighted by Gasteiger charge is 2.32. The molecule has 0 atom stereocenters. The number of rotatable bonds is 2. The fourth-order valence-electron chi connectivity index (χ4n) is 2.46. The minimum Gasteiger partial charge on any atom is -0.405 e. The van der Waals surface area contributed by atoms with E-state index in [-0.39, 0.29) is 5.75 Å². The van der Waals surface area contributed by atoms with Gasteiger partial charge in [0.1, 0.15) is 5.75 Å². The second-order valence-electron chi connectivity index (χ2n) is 4.79. The summed E-state index contributed by atoms with van der Waals surface area (Å²) in [5.41, 5.74) is 7.52. The van der Waals surface area contributed by atoms with Crippen molar-refractivity contribution in [2.75, 3.05) is 5.73 Å². The van der Waals surface area contributed by atoms with Crippen molar-refractivity contribution in [1.29, 1.82) is 0 Å². The Morgan fingerprint density at radius 2 is 1.36 bits per heavy atom. The zero-order chi connectivity index (χ0) is 15.7. The van der Waals surface area contributed by atoms with Crippen LogP contribution < -0.4 is 10.5 Å². The fourth-order valence-corrected chi connectivity index (χ4v) is 2.46. The van der Waals surface area contributed by atoms with Gasteiger partial charge in [0.05, 0.1) is 0 Å². The number of hydrogen-bond donors (Lipinski definition) is 1. The monoisotopic (exact) mass is 303 g/mol. The molecule has 0 fully saturated rings. The Bertz CT molecular complexity index is 827. The van der Waals surface area contributed by atoms with Crippen molar-refractivity contribution in [2.45, 2.75) is 6.36 Å². The third kappa shape index (κ3) is 2.70. The molecule has 3 aromatic carbocycles. The predicted molar refractivity (Wildman–Crippen MR) is 80.5 cm³/mol. The van der Waals surface area contributed by atoms with E-state index in [9.17, 15) is 13.2 Å². The summed E-state index contributed by atoms with van der Waals surface area (Å²) in [4.78, 5) is 0. The Balaban J connectivity index is 2.23. The Labute approximate surface area is 124 Å². The van der Waals surface area contributed by atoms with Crippen molar-refractivity contribution in [1.82, 2.24) is 0 Å². The van der Waals surface area contributed by atoms with Gasteiger partial charge in [-0.1, -0.05) is 48.5 Å². The molecule has 0 radical (unpaired) electrons. The van der Waals surface area contributed by atoms with Gasteiger partial charge in [-0.15, -0.1) is 13.2 Å². The van der Waals surface area contributed by atoms with Crippen LogP contribution in [0.2, 0.25) is 0 Å². The normalized spacial score (nSPS) is 11.6. The molecular weight excluding hydrogens is 291 g/mol. The largest absolute Gasteiger partial charge is 0.573 e. The molecule has 22 heavy (non-hydrogen) atoms. The summed E-state index contributed by atoms with van der Waals surface area (Å²) in [6, 6.07) is 16.8. The number of para-hydroxylation sites is 1. The molecule has 0 spiro atoms. The Morgan fingerprint density at radius 1 is 0.727 bits per heavy atom. The van der Waals surface area contributed by atoms with Crippen molar-refractivity contribution in [3.63, 3.8) is 0 Å². The molecule has 0 aliphatic rings. The van der Waals surface area contributed by atoms with Gasteiger partial charge >= 0.3 is 6.36 Å². The van der Waals surface area contributed by atoms with Gasteiger partial charge < -0.3 is 10.5 Å². The first-order chi connectivity index (χ1) is 10.5. The number of halogens is 3. The predicted octanol–water partition coefficient (Wildman–Crippen LogP) is 4.99. The summed E-state index contributed by atoms with van der Waals surface area (Å²) < 4.78 is 41.9. The minimum atomic E-state index is -4.74. The zero-order valence-corrected chi connectivity index (χ0v) is 11.4. The number of nitrogens with two attached hydrogens (primary N) is 1. The van der Waals surface area contributed by atoms with Crippen LogP contribution in [0.3, 0.4) is 0 Å². The molecule has 0 heterocycles. The molecule has 0 amide bonds. The molecule has 0 aromatic heterocycles. The molecule has 2 N–H and O–H groups in total. The third-order valence-electron chi connectivity index (χ3n) is 3.36. The summed E-state index contributed by atoms with van der Waals surface area (Å²) in [5.74, 6) is -0.232. The van der Waals surface area contributed by atoms with Gasteiger partial charge in [0.15, 0.2) is 0 Å². The lowest BCUT2D eigenvalue weighted by Crippen LogP contribution is -2.17.